The quantitative estimate of drug-likeness (QED) is 0.676. The van der Waals surface area contributed by atoms with E-state index in [0.29, 0.717) is 22.8 Å². The zero-order valence-corrected chi connectivity index (χ0v) is 16.9. The molecule has 2 aromatic rings. The highest BCUT2D eigenvalue weighted by molar-refractivity contribution is 6.31. The number of dihydropyridines is 1. The average Bonchev–Trinajstić information content (AvgIpc) is 2.68. The van der Waals surface area contributed by atoms with Gasteiger partial charge in [-0.15, -0.1) is 0 Å². The number of nitrogens with zero attached hydrogens (tertiary/aromatic N) is 1. The topological polar surface area (TPSA) is 54.7 Å². The number of methoxy groups -OCH3 is 1. The lowest BCUT2D eigenvalue weighted by Crippen LogP contribution is -2.30. The summed E-state index contributed by atoms with van der Waals surface area (Å²) >= 11 is 6.30. The number of carbonyl (C=O) groups is 1. The third kappa shape index (κ3) is 3.82. The lowest BCUT2D eigenvalue weighted by atomic mass is 9.83. The van der Waals surface area contributed by atoms with E-state index in [1.165, 1.54) is 19.2 Å². The number of amides is 1. The van der Waals surface area contributed by atoms with Crippen LogP contribution in [0.5, 0.6) is 5.75 Å². The molecule has 5 nitrogen and oxygen atoms in total. The molecular formula is C22H19ClFN3O2. The van der Waals surface area contributed by atoms with Gasteiger partial charge in [0.2, 0.25) is 0 Å². The van der Waals surface area contributed by atoms with E-state index < -0.39 is 17.6 Å². The highest BCUT2D eigenvalue weighted by atomic mass is 35.5. The molecule has 1 amide bonds. The largest absolute Gasteiger partial charge is 0.495 e. The van der Waals surface area contributed by atoms with Crippen LogP contribution in [-0.4, -0.2) is 13.0 Å². The molecule has 2 N–H and O–H groups in total. The number of benzene rings is 2. The molecule has 1 aliphatic heterocycles. The van der Waals surface area contributed by atoms with Gasteiger partial charge in [-0.05, 0) is 38.1 Å². The monoisotopic (exact) mass is 411 g/mol. The van der Waals surface area contributed by atoms with E-state index in [-0.39, 0.29) is 21.9 Å². The maximum absolute atomic E-state index is 14.8. The standard InChI is InChI=1S/C22H19ClFN3O2/c1-12-18(22(28)27-16-10-5-6-11-17(16)29-4)20(21(25-3)13(2)26-12)19-14(23)8-7-9-15(19)24/h5-11,20,26H,1-2,4H3,(H,27,28). The van der Waals surface area contributed by atoms with Crippen molar-refractivity contribution < 1.29 is 13.9 Å². The van der Waals surface area contributed by atoms with E-state index in [1.54, 1.807) is 44.2 Å². The van der Waals surface area contributed by atoms with Crippen LogP contribution in [0.2, 0.25) is 5.02 Å². The molecule has 1 heterocycles. The molecule has 1 atom stereocenters. The summed E-state index contributed by atoms with van der Waals surface area (Å²) in [6.45, 7) is 11.0. The smallest absolute Gasteiger partial charge is 0.253 e. The summed E-state index contributed by atoms with van der Waals surface area (Å²) in [7, 11) is 1.50. The van der Waals surface area contributed by atoms with Crippen LogP contribution in [0, 0.1) is 12.4 Å². The number of rotatable bonds is 4. The molecule has 29 heavy (non-hydrogen) atoms. The molecule has 3 rings (SSSR count). The minimum absolute atomic E-state index is 0.102. The van der Waals surface area contributed by atoms with Crippen LogP contribution in [0.3, 0.4) is 0 Å². The minimum atomic E-state index is -0.933. The molecule has 1 aliphatic rings. The summed E-state index contributed by atoms with van der Waals surface area (Å²) in [5.74, 6) is -1.50. The second-order valence-electron chi connectivity index (χ2n) is 6.51. The molecular weight excluding hydrogens is 393 g/mol. The molecule has 0 aromatic heterocycles. The fourth-order valence-electron chi connectivity index (χ4n) is 3.44. The zero-order valence-electron chi connectivity index (χ0n) is 16.1. The first-order valence-electron chi connectivity index (χ1n) is 8.83. The molecule has 148 valence electrons. The molecule has 0 spiro atoms. The highest BCUT2D eigenvalue weighted by Crippen LogP contribution is 2.43. The van der Waals surface area contributed by atoms with E-state index in [9.17, 15) is 9.18 Å². The van der Waals surface area contributed by atoms with Gasteiger partial charge in [0.1, 0.15) is 11.6 Å². The highest BCUT2D eigenvalue weighted by Gasteiger charge is 2.36. The second kappa shape index (κ2) is 8.38. The Morgan fingerprint density at radius 2 is 1.93 bits per heavy atom. The maximum Gasteiger partial charge on any atom is 0.253 e. The molecule has 0 radical (unpaired) electrons. The number of anilines is 1. The molecule has 0 bridgehead atoms. The molecule has 1 unspecified atom stereocenters. The van der Waals surface area contributed by atoms with Gasteiger partial charge in [-0.3, -0.25) is 4.79 Å². The molecule has 0 saturated carbocycles. The summed E-state index contributed by atoms with van der Waals surface area (Å²) in [5, 5.41) is 6.01. The zero-order chi connectivity index (χ0) is 21.1. The van der Waals surface area contributed by atoms with Crippen molar-refractivity contribution in [1.82, 2.24) is 5.32 Å². The number of hydrogen-bond donors (Lipinski definition) is 2. The van der Waals surface area contributed by atoms with Crippen LogP contribution in [0.1, 0.15) is 25.3 Å². The van der Waals surface area contributed by atoms with E-state index in [0.717, 1.165) is 0 Å². The van der Waals surface area contributed by atoms with E-state index in [2.05, 4.69) is 15.5 Å². The Kier molecular flexibility index (Phi) is 5.90. The van der Waals surface area contributed by atoms with Crippen LogP contribution in [0.25, 0.3) is 4.85 Å². The number of nitrogens with one attached hydrogen (secondary N) is 2. The summed E-state index contributed by atoms with van der Waals surface area (Å²) in [6, 6.07) is 11.3. The fraction of sp³-hybridized carbons (Fsp3) is 0.182. The van der Waals surface area contributed by atoms with Crippen molar-refractivity contribution in [2.45, 2.75) is 19.8 Å². The SMILES string of the molecule is [C-]#[N+]C1=C(C)NC(C)=C(C(=O)Nc2ccccc2OC)C1c1c(F)cccc1Cl. The average molecular weight is 412 g/mol. The molecule has 2 aromatic carbocycles. The van der Waals surface area contributed by atoms with E-state index in [1.807, 2.05) is 0 Å². The van der Waals surface area contributed by atoms with Crippen molar-refractivity contribution in [3.05, 3.63) is 92.9 Å². The summed E-state index contributed by atoms with van der Waals surface area (Å²) < 4.78 is 20.1. The number of ether oxygens (including phenoxy) is 1. The maximum atomic E-state index is 14.8. The Labute approximate surface area is 173 Å². The van der Waals surface area contributed by atoms with Crippen molar-refractivity contribution in [1.29, 1.82) is 0 Å². The first-order chi connectivity index (χ1) is 13.9. The Bertz CT molecular complexity index is 1070. The molecule has 0 fully saturated rings. The predicted octanol–water partition coefficient (Wildman–Crippen LogP) is 5.24. The predicted molar refractivity (Wildman–Crippen MR) is 111 cm³/mol. The van der Waals surface area contributed by atoms with Crippen LogP contribution >= 0.6 is 11.6 Å². The first kappa shape index (κ1) is 20.4. The molecule has 0 aliphatic carbocycles. The van der Waals surface area contributed by atoms with Crippen LogP contribution in [0.15, 0.2) is 65.1 Å². The normalized spacial score (nSPS) is 16.2. The van der Waals surface area contributed by atoms with Crippen molar-refractivity contribution in [2.75, 3.05) is 12.4 Å². The number of para-hydroxylation sites is 2. The summed E-state index contributed by atoms with van der Waals surface area (Å²) in [4.78, 5) is 16.8. The minimum Gasteiger partial charge on any atom is -0.495 e. The Balaban J connectivity index is 2.13. The van der Waals surface area contributed by atoms with Gasteiger partial charge in [-0.25, -0.2) is 9.24 Å². The Morgan fingerprint density at radius 1 is 1.21 bits per heavy atom. The van der Waals surface area contributed by atoms with Crippen molar-refractivity contribution >= 4 is 23.2 Å². The van der Waals surface area contributed by atoms with Crippen molar-refractivity contribution in [3.63, 3.8) is 0 Å². The van der Waals surface area contributed by atoms with Crippen molar-refractivity contribution in [2.24, 2.45) is 0 Å². The fourth-order valence-corrected chi connectivity index (χ4v) is 3.71. The number of carbonyl (C=O) groups excluding carboxylic acids is 1. The lowest BCUT2D eigenvalue weighted by Gasteiger charge is -2.29. The lowest BCUT2D eigenvalue weighted by molar-refractivity contribution is -0.113. The third-order valence-corrected chi connectivity index (χ3v) is 5.06. The van der Waals surface area contributed by atoms with Gasteiger partial charge < -0.3 is 15.4 Å². The van der Waals surface area contributed by atoms with E-state index >= 15 is 0 Å². The summed E-state index contributed by atoms with van der Waals surface area (Å²) in [5.41, 5.74) is 2.08. The van der Waals surface area contributed by atoms with Gasteiger partial charge in [0.05, 0.1) is 25.3 Å². The van der Waals surface area contributed by atoms with Gasteiger partial charge in [0, 0.05) is 27.6 Å². The van der Waals surface area contributed by atoms with E-state index in [4.69, 9.17) is 22.9 Å². The van der Waals surface area contributed by atoms with Crippen molar-refractivity contribution in [3.8, 4) is 5.75 Å². The van der Waals surface area contributed by atoms with Gasteiger partial charge in [-0.1, -0.05) is 29.8 Å². The Morgan fingerprint density at radius 3 is 2.59 bits per heavy atom. The number of hydrogen-bond acceptors (Lipinski definition) is 3. The van der Waals surface area contributed by atoms with Gasteiger partial charge >= 0.3 is 0 Å². The van der Waals surface area contributed by atoms with Crippen LogP contribution in [-0.2, 0) is 4.79 Å². The van der Waals surface area contributed by atoms with Crippen LogP contribution < -0.4 is 15.4 Å². The van der Waals surface area contributed by atoms with Gasteiger partial charge in [0.25, 0.3) is 5.91 Å². The molecule has 7 heteroatoms. The van der Waals surface area contributed by atoms with Crippen LogP contribution in [0.4, 0.5) is 10.1 Å². The third-order valence-electron chi connectivity index (χ3n) is 4.73. The first-order valence-corrected chi connectivity index (χ1v) is 9.21. The van der Waals surface area contributed by atoms with Gasteiger partial charge in [0.15, 0.2) is 5.70 Å². The summed E-state index contributed by atoms with van der Waals surface area (Å²) in [6.07, 6.45) is 0. The van der Waals surface area contributed by atoms with Gasteiger partial charge in [-0.2, -0.15) is 0 Å². The molecule has 0 saturated heterocycles. The second-order valence-corrected chi connectivity index (χ2v) is 6.92. The number of halogens is 2. The number of allylic oxidation sites excluding steroid dienone is 3. The Hall–Kier alpha value is -3.30.